The van der Waals surface area contributed by atoms with Gasteiger partial charge in [0.1, 0.15) is 5.82 Å². The normalized spacial score (nSPS) is 9.38. The van der Waals surface area contributed by atoms with Crippen LogP contribution in [-0.2, 0) is 9.59 Å². The fraction of sp³-hybridized carbons (Fsp3) is 0.250. The standard InChI is InChI=1S/C8H11N3O2/c1-5(12)10-7-3-4-9-8(7)11-6(2)13/h3-4,9H,1-2H3,(H,10,12)(H,11,13). The molecular formula is C8H11N3O2. The minimum Gasteiger partial charge on any atom is -0.346 e. The first-order valence-corrected chi connectivity index (χ1v) is 3.82. The Balaban J connectivity index is 2.76. The molecule has 0 fully saturated rings. The van der Waals surface area contributed by atoms with Crippen molar-refractivity contribution in [2.24, 2.45) is 0 Å². The predicted molar refractivity (Wildman–Crippen MR) is 49.4 cm³/mol. The van der Waals surface area contributed by atoms with Crippen molar-refractivity contribution in [3.05, 3.63) is 12.3 Å². The van der Waals surface area contributed by atoms with Crippen molar-refractivity contribution in [1.82, 2.24) is 4.98 Å². The predicted octanol–water partition coefficient (Wildman–Crippen LogP) is 0.931. The number of aromatic nitrogens is 1. The minimum absolute atomic E-state index is 0.175. The third-order valence-electron chi connectivity index (χ3n) is 1.36. The van der Waals surface area contributed by atoms with Crippen LogP contribution in [0.25, 0.3) is 0 Å². The summed E-state index contributed by atoms with van der Waals surface area (Å²) >= 11 is 0. The molecule has 5 nitrogen and oxygen atoms in total. The van der Waals surface area contributed by atoms with E-state index in [-0.39, 0.29) is 11.8 Å². The Kier molecular flexibility index (Phi) is 2.69. The molecule has 1 heterocycles. The Morgan fingerprint density at radius 3 is 2.38 bits per heavy atom. The molecule has 1 aromatic heterocycles. The largest absolute Gasteiger partial charge is 0.346 e. The second-order valence-electron chi connectivity index (χ2n) is 2.63. The average molecular weight is 181 g/mol. The molecule has 0 spiro atoms. The van der Waals surface area contributed by atoms with Gasteiger partial charge in [-0.25, -0.2) is 0 Å². The van der Waals surface area contributed by atoms with E-state index in [1.165, 1.54) is 13.8 Å². The monoisotopic (exact) mass is 181 g/mol. The molecule has 1 aromatic rings. The third-order valence-corrected chi connectivity index (χ3v) is 1.36. The van der Waals surface area contributed by atoms with Gasteiger partial charge in [0.15, 0.2) is 0 Å². The van der Waals surface area contributed by atoms with Crippen molar-refractivity contribution >= 4 is 23.3 Å². The van der Waals surface area contributed by atoms with Crippen LogP contribution < -0.4 is 10.6 Å². The Morgan fingerprint density at radius 1 is 1.23 bits per heavy atom. The quantitative estimate of drug-likeness (QED) is 0.635. The summed E-state index contributed by atoms with van der Waals surface area (Å²) in [7, 11) is 0. The van der Waals surface area contributed by atoms with Crippen LogP contribution >= 0.6 is 0 Å². The number of amides is 2. The first kappa shape index (κ1) is 9.31. The molecule has 3 N–H and O–H groups in total. The van der Waals surface area contributed by atoms with Crippen LogP contribution in [0.2, 0.25) is 0 Å². The zero-order valence-corrected chi connectivity index (χ0v) is 7.47. The van der Waals surface area contributed by atoms with E-state index in [2.05, 4.69) is 15.6 Å². The Bertz CT molecular complexity index is 299. The Hall–Kier alpha value is -1.78. The maximum atomic E-state index is 10.7. The first-order valence-electron chi connectivity index (χ1n) is 3.82. The van der Waals surface area contributed by atoms with Gasteiger partial charge in [0, 0.05) is 20.0 Å². The number of carbonyl (C=O) groups excluding carboxylic acids is 2. The SMILES string of the molecule is CC(=O)Nc1cc[nH]c1NC(C)=O. The van der Waals surface area contributed by atoms with Crippen LogP contribution in [0.15, 0.2) is 12.3 Å². The van der Waals surface area contributed by atoms with Crippen LogP contribution in [0.1, 0.15) is 13.8 Å². The molecule has 0 atom stereocenters. The van der Waals surface area contributed by atoms with Gasteiger partial charge >= 0.3 is 0 Å². The lowest BCUT2D eigenvalue weighted by Gasteiger charge is -2.03. The molecule has 0 bridgehead atoms. The zero-order valence-electron chi connectivity index (χ0n) is 7.47. The highest BCUT2D eigenvalue weighted by Crippen LogP contribution is 2.18. The lowest BCUT2D eigenvalue weighted by atomic mass is 10.4. The molecule has 0 aliphatic rings. The summed E-state index contributed by atoms with van der Waals surface area (Å²) in [5.74, 6) is 0.142. The van der Waals surface area contributed by atoms with E-state index in [1.54, 1.807) is 12.3 Å². The maximum absolute atomic E-state index is 10.7. The second kappa shape index (κ2) is 3.75. The Morgan fingerprint density at radius 2 is 1.85 bits per heavy atom. The minimum atomic E-state index is -0.186. The molecule has 13 heavy (non-hydrogen) atoms. The van der Waals surface area contributed by atoms with E-state index in [4.69, 9.17) is 0 Å². The van der Waals surface area contributed by atoms with Gasteiger partial charge in [0.05, 0.1) is 5.69 Å². The lowest BCUT2D eigenvalue weighted by molar-refractivity contribution is -0.115. The molecule has 5 heteroatoms. The fourth-order valence-corrected chi connectivity index (χ4v) is 0.943. The van der Waals surface area contributed by atoms with Gasteiger partial charge < -0.3 is 15.6 Å². The molecule has 0 aromatic carbocycles. The highest BCUT2D eigenvalue weighted by atomic mass is 16.2. The van der Waals surface area contributed by atoms with Crippen molar-refractivity contribution in [2.45, 2.75) is 13.8 Å². The number of nitrogens with one attached hydrogen (secondary N) is 3. The van der Waals surface area contributed by atoms with Crippen LogP contribution in [0, 0.1) is 0 Å². The summed E-state index contributed by atoms with van der Waals surface area (Å²) < 4.78 is 0. The van der Waals surface area contributed by atoms with E-state index in [1.807, 2.05) is 0 Å². The lowest BCUT2D eigenvalue weighted by Crippen LogP contribution is -2.11. The first-order chi connectivity index (χ1) is 6.09. The van der Waals surface area contributed by atoms with Crippen LogP contribution in [0.4, 0.5) is 11.5 Å². The van der Waals surface area contributed by atoms with Crippen molar-refractivity contribution in [3.8, 4) is 0 Å². The molecule has 70 valence electrons. The smallest absolute Gasteiger partial charge is 0.222 e. The van der Waals surface area contributed by atoms with E-state index in [0.717, 1.165) is 0 Å². The Labute approximate surface area is 75.5 Å². The second-order valence-corrected chi connectivity index (χ2v) is 2.63. The van der Waals surface area contributed by atoms with Crippen molar-refractivity contribution in [3.63, 3.8) is 0 Å². The molecule has 0 saturated heterocycles. The van der Waals surface area contributed by atoms with Gasteiger partial charge in [-0.1, -0.05) is 0 Å². The highest BCUT2D eigenvalue weighted by Gasteiger charge is 2.05. The van der Waals surface area contributed by atoms with E-state index in [0.29, 0.717) is 11.5 Å². The average Bonchev–Trinajstić information content (AvgIpc) is 2.34. The molecule has 2 amide bonds. The van der Waals surface area contributed by atoms with Crippen LogP contribution in [0.5, 0.6) is 0 Å². The van der Waals surface area contributed by atoms with Gasteiger partial charge in [-0.2, -0.15) is 0 Å². The summed E-state index contributed by atoms with van der Waals surface area (Å²) in [4.78, 5) is 24.2. The summed E-state index contributed by atoms with van der Waals surface area (Å²) in [5.41, 5.74) is 0.572. The number of H-pyrrole nitrogens is 1. The van der Waals surface area contributed by atoms with Crippen LogP contribution in [-0.4, -0.2) is 16.8 Å². The summed E-state index contributed by atoms with van der Waals surface area (Å²) in [6, 6.07) is 1.67. The molecular weight excluding hydrogens is 170 g/mol. The summed E-state index contributed by atoms with van der Waals surface area (Å²) in [6.07, 6.45) is 1.64. The number of hydrogen-bond acceptors (Lipinski definition) is 2. The molecule has 0 saturated carbocycles. The highest BCUT2D eigenvalue weighted by molar-refractivity contribution is 5.96. The molecule has 0 unspecified atom stereocenters. The van der Waals surface area contributed by atoms with Crippen molar-refractivity contribution in [1.29, 1.82) is 0 Å². The van der Waals surface area contributed by atoms with Gasteiger partial charge in [0.2, 0.25) is 11.8 Å². The maximum Gasteiger partial charge on any atom is 0.222 e. The van der Waals surface area contributed by atoms with Crippen molar-refractivity contribution in [2.75, 3.05) is 10.6 Å². The van der Waals surface area contributed by atoms with Gasteiger partial charge in [-0.05, 0) is 6.07 Å². The van der Waals surface area contributed by atoms with E-state index < -0.39 is 0 Å². The fourth-order valence-electron chi connectivity index (χ4n) is 0.943. The zero-order chi connectivity index (χ0) is 9.84. The topological polar surface area (TPSA) is 74.0 Å². The molecule has 0 aliphatic heterocycles. The van der Waals surface area contributed by atoms with E-state index >= 15 is 0 Å². The van der Waals surface area contributed by atoms with Gasteiger partial charge in [-0.15, -0.1) is 0 Å². The third kappa shape index (κ3) is 2.62. The number of carbonyl (C=O) groups is 2. The molecule has 1 rings (SSSR count). The summed E-state index contributed by atoms with van der Waals surface area (Å²) in [5, 5.41) is 5.12. The van der Waals surface area contributed by atoms with Gasteiger partial charge in [0.25, 0.3) is 0 Å². The van der Waals surface area contributed by atoms with E-state index in [9.17, 15) is 9.59 Å². The summed E-state index contributed by atoms with van der Waals surface area (Å²) in [6.45, 7) is 2.81. The number of aromatic amines is 1. The van der Waals surface area contributed by atoms with Crippen molar-refractivity contribution < 1.29 is 9.59 Å². The van der Waals surface area contributed by atoms with Crippen LogP contribution in [0.3, 0.4) is 0 Å². The molecule has 0 radical (unpaired) electrons. The van der Waals surface area contributed by atoms with Gasteiger partial charge in [-0.3, -0.25) is 9.59 Å². The molecule has 0 aliphatic carbocycles. The number of hydrogen-bond donors (Lipinski definition) is 3. The number of anilines is 2. The number of rotatable bonds is 2.